The van der Waals surface area contributed by atoms with E-state index in [9.17, 15) is 4.79 Å². The minimum Gasteiger partial charge on any atom is -0.496 e. The second kappa shape index (κ2) is 5.83. The van der Waals surface area contributed by atoms with Crippen LogP contribution in [-0.4, -0.2) is 29.6 Å². The van der Waals surface area contributed by atoms with Crippen LogP contribution in [0, 0.1) is 13.8 Å². The fourth-order valence-corrected chi connectivity index (χ4v) is 3.25. The van der Waals surface area contributed by atoms with Crippen molar-refractivity contribution in [2.75, 3.05) is 13.7 Å². The van der Waals surface area contributed by atoms with Gasteiger partial charge in [0, 0.05) is 12.1 Å². The lowest BCUT2D eigenvalue weighted by Crippen LogP contribution is -2.31. The van der Waals surface area contributed by atoms with E-state index < -0.39 is 0 Å². The Bertz CT molecular complexity index is 673. The number of rotatable bonds is 3. The first-order valence-electron chi connectivity index (χ1n) is 7.50. The molecule has 22 heavy (non-hydrogen) atoms. The summed E-state index contributed by atoms with van der Waals surface area (Å²) in [6.07, 6.45) is 1.92. The molecular formula is C17H20N2O3. The molecule has 1 amide bonds. The van der Waals surface area contributed by atoms with E-state index in [1.54, 1.807) is 7.11 Å². The van der Waals surface area contributed by atoms with Crippen LogP contribution in [0.3, 0.4) is 0 Å². The summed E-state index contributed by atoms with van der Waals surface area (Å²) in [5, 5.41) is 4.02. The molecule has 0 spiro atoms. The number of aromatic nitrogens is 1. The lowest BCUT2D eigenvalue weighted by Gasteiger charge is -2.25. The number of benzene rings is 1. The van der Waals surface area contributed by atoms with Gasteiger partial charge in [-0.2, -0.15) is 0 Å². The van der Waals surface area contributed by atoms with Gasteiger partial charge in [-0.1, -0.05) is 17.3 Å². The van der Waals surface area contributed by atoms with Gasteiger partial charge < -0.3 is 14.2 Å². The van der Waals surface area contributed by atoms with Crippen molar-refractivity contribution >= 4 is 5.91 Å². The van der Waals surface area contributed by atoms with Crippen LogP contribution in [0.1, 0.15) is 46.3 Å². The maximum Gasteiger partial charge on any atom is 0.258 e. The maximum atomic E-state index is 12.9. The number of aryl methyl sites for hydroxylation is 2. The topological polar surface area (TPSA) is 55.6 Å². The summed E-state index contributed by atoms with van der Waals surface area (Å²) in [6.45, 7) is 4.57. The Morgan fingerprint density at radius 3 is 2.82 bits per heavy atom. The van der Waals surface area contributed by atoms with Gasteiger partial charge in [0.2, 0.25) is 0 Å². The van der Waals surface area contributed by atoms with E-state index in [1.165, 1.54) is 0 Å². The highest BCUT2D eigenvalue weighted by atomic mass is 16.5. The van der Waals surface area contributed by atoms with Gasteiger partial charge in [-0.3, -0.25) is 4.79 Å². The maximum absolute atomic E-state index is 12.9. The SMILES string of the molecule is COc1ccccc1C(=O)N1CCC[C@@H]1c1c(C)noc1C. The number of nitrogens with zero attached hydrogens (tertiary/aromatic N) is 2. The molecule has 116 valence electrons. The van der Waals surface area contributed by atoms with Crippen LogP contribution in [0.25, 0.3) is 0 Å². The van der Waals surface area contributed by atoms with Crippen molar-refractivity contribution in [2.24, 2.45) is 0 Å². The summed E-state index contributed by atoms with van der Waals surface area (Å²) >= 11 is 0. The number of ether oxygens (including phenoxy) is 1. The van der Waals surface area contributed by atoms with Crippen molar-refractivity contribution in [2.45, 2.75) is 32.7 Å². The fourth-order valence-electron chi connectivity index (χ4n) is 3.25. The molecule has 1 aromatic carbocycles. The second-order valence-corrected chi connectivity index (χ2v) is 5.59. The van der Waals surface area contributed by atoms with E-state index in [0.717, 1.165) is 36.4 Å². The molecule has 1 saturated heterocycles. The molecule has 0 bridgehead atoms. The van der Waals surface area contributed by atoms with Gasteiger partial charge in [-0.15, -0.1) is 0 Å². The van der Waals surface area contributed by atoms with Crippen LogP contribution >= 0.6 is 0 Å². The molecule has 1 aliphatic heterocycles. The Morgan fingerprint density at radius 2 is 2.14 bits per heavy atom. The van der Waals surface area contributed by atoms with Gasteiger partial charge in [0.25, 0.3) is 5.91 Å². The van der Waals surface area contributed by atoms with Crippen LogP contribution in [0.15, 0.2) is 28.8 Å². The van der Waals surface area contributed by atoms with Crippen molar-refractivity contribution in [3.8, 4) is 5.75 Å². The van der Waals surface area contributed by atoms with E-state index in [1.807, 2.05) is 43.0 Å². The lowest BCUT2D eigenvalue weighted by molar-refractivity contribution is 0.0731. The van der Waals surface area contributed by atoms with Gasteiger partial charge in [0.1, 0.15) is 11.5 Å². The van der Waals surface area contributed by atoms with E-state index in [-0.39, 0.29) is 11.9 Å². The van der Waals surface area contributed by atoms with E-state index in [2.05, 4.69) is 5.16 Å². The number of methoxy groups -OCH3 is 1. The summed E-state index contributed by atoms with van der Waals surface area (Å²) in [4.78, 5) is 14.9. The molecule has 1 aromatic heterocycles. The molecule has 0 saturated carbocycles. The highest BCUT2D eigenvalue weighted by molar-refractivity contribution is 5.97. The zero-order chi connectivity index (χ0) is 15.7. The molecule has 1 fully saturated rings. The number of amides is 1. The average Bonchev–Trinajstić information content (AvgIpc) is 3.13. The normalized spacial score (nSPS) is 17.8. The van der Waals surface area contributed by atoms with Crippen LogP contribution < -0.4 is 4.74 Å². The molecule has 1 atom stereocenters. The van der Waals surface area contributed by atoms with Crippen LogP contribution in [-0.2, 0) is 0 Å². The van der Waals surface area contributed by atoms with Crippen LogP contribution in [0.4, 0.5) is 0 Å². The standard InChI is InChI=1S/C17H20N2O3/c1-11-16(12(2)22-18-11)14-8-6-10-19(14)17(20)13-7-4-5-9-15(13)21-3/h4-5,7,9,14H,6,8,10H2,1-3H3/t14-/m1/s1. The first-order chi connectivity index (χ1) is 10.6. The first-order valence-corrected chi connectivity index (χ1v) is 7.50. The second-order valence-electron chi connectivity index (χ2n) is 5.59. The number of para-hydroxylation sites is 1. The third kappa shape index (κ3) is 2.36. The Morgan fingerprint density at radius 1 is 1.36 bits per heavy atom. The average molecular weight is 300 g/mol. The van der Waals surface area contributed by atoms with Crippen molar-refractivity contribution < 1.29 is 14.1 Å². The monoisotopic (exact) mass is 300 g/mol. The molecule has 5 nitrogen and oxygen atoms in total. The minimum absolute atomic E-state index is 0.0000463. The first kappa shape index (κ1) is 14.6. The largest absolute Gasteiger partial charge is 0.496 e. The molecule has 0 N–H and O–H groups in total. The number of carbonyl (C=O) groups is 1. The van der Waals surface area contributed by atoms with Crippen LogP contribution in [0.5, 0.6) is 5.75 Å². The number of carbonyl (C=O) groups excluding carboxylic acids is 1. The molecule has 3 rings (SSSR count). The molecule has 0 radical (unpaired) electrons. The quantitative estimate of drug-likeness (QED) is 0.873. The number of hydrogen-bond donors (Lipinski definition) is 0. The zero-order valence-corrected chi connectivity index (χ0v) is 13.1. The summed E-state index contributed by atoms with van der Waals surface area (Å²) < 4.78 is 10.6. The number of likely N-dealkylation sites (tertiary alicyclic amines) is 1. The van der Waals surface area contributed by atoms with Gasteiger partial charge in [0.15, 0.2) is 0 Å². The molecule has 0 unspecified atom stereocenters. The third-order valence-electron chi connectivity index (χ3n) is 4.27. The van der Waals surface area contributed by atoms with E-state index in [0.29, 0.717) is 11.3 Å². The molecule has 0 aliphatic carbocycles. The fraction of sp³-hybridized carbons (Fsp3) is 0.412. The molecule has 5 heteroatoms. The van der Waals surface area contributed by atoms with Crippen molar-refractivity contribution in [1.82, 2.24) is 10.1 Å². The van der Waals surface area contributed by atoms with Crippen molar-refractivity contribution in [3.05, 3.63) is 46.8 Å². The summed E-state index contributed by atoms with van der Waals surface area (Å²) in [6, 6.07) is 7.38. The molecule has 2 aromatic rings. The molecule has 2 heterocycles. The summed E-state index contributed by atoms with van der Waals surface area (Å²) in [7, 11) is 1.59. The minimum atomic E-state index is -0.0000463. The summed E-state index contributed by atoms with van der Waals surface area (Å²) in [5.74, 6) is 1.40. The molecular weight excluding hydrogens is 280 g/mol. The Hall–Kier alpha value is -2.30. The van der Waals surface area contributed by atoms with Crippen molar-refractivity contribution in [3.63, 3.8) is 0 Å². The predicted octanol–water partition coefficient (Wildman–Crippen LogP) is 3.28. The Labute approximate surface area is 129 Å². The lowest BCUT2D eigenvalue weighted by atomic mass is 10.0. The van der Waals surface area contributed by atoms with Gasteiger partial charge in [-0.25, -0.2) is 0 Å². The van der Waals surface area contributed by atoms with E-state index in [4.69, 9.17) is 9.26 Å². The zero-order valence-electron chi connectivity index (χ0n) is 13.1. The highest BCUT2D eigenvalue weighted by Gasteiger charge is 2.35. The summed E-state index contributed by atoms with van der Waals surface area (Å²) in [5.41, 5.74) is 2.51. The van der Waals surface area contributed by atoms with Gasteiger partial charge in [0.05, 0.1) is 24.4 Å². The van der Waals surface area contributed by atoms with Gasteiger partial charge in [-0.05, 0) is 38.8 Å². The van der Waals surface area contributed by atoms with Crippen molar-refractivity contribution in [1.29, 1.82) is 0 Å². The highest BCUT2D eigenvalue weighted by Crippen LogP contribution is 2.37. The third-order valence-corrected chi connectivity index (χ3v) is 4.27. The smallest absolute Gasteiger partial charge is 0.258 e. The van der Waals surface area contributed by atoms with Crippen LogP contribution in [0.2, 0.25) is 0 Å². The Balaban J connectivity index is 1.95. The predicted molar refractivity (Wildman–Crippen MR) is 82.0 cm³/mol. The Kier molecular flexibility index (Phi) is 3.88. The molecule has 1 aliphatic rings. The van der Waals surface area contributed by atoms with E-state index >= 15 is 0 Å². The number of hydrogen-bond acceptors (Lipinski definition) is 4. The van der Waals surface area contributed by atoms with Gasteiger partial charge >= 0.3 is 0 Å².